The standard InChI is InChI=1S/C15H21NO2/c1-4-17-14-9-8-13(11-15(14)18-5-2)12(3)7-6-10-16/h8-9,11-12H,4-7H2,1-3H3. The van der Waals surface area contributed by atoms with Gasteiger partial charge in [0.1, 0.15) is 0 Å². The van der Waals surface area contributed by atoms with Gasteiger partial charge < -0.3 is 9.47 Å². The van der Waals surface area contributed by atoms with Crippen molar-refractivity contribution in [3.05, 3.63) is 23.8 Å². The largest absolute Gasteiger partial charge is 0.490 e. The fourth-order valence-corrected chi connectivity index (χ4v) is 1.82. The molecule has 0 fully saturated rings. The summed E-state index contributed by atoms with van der Waals surface area (Å²) in [5.74, 6) is 1.94. The van der Waals surface area contributed by atoms with E-state index in [1.165, 1.54) is 5.56 Å². The fourth-order valence-electron chi connectivity index (χ4n) is 1.82. The molecule has 3 heteroatoms. The summed E-state index contributed by atoms with van der Waals surface area (Å²) in [5.41, 5.74) is 1.19. The van der Waals surface area contributed by atoms with Crippen molar-refractivity contribution in [2.75, 3.05) is 13.2 Å². The first-order chi connectivity index (χ1) is 8.72. The lowest BCUT2D eigenvalue weighted by Crippen LogP contribution is -2.00. The molecule has 0 N–H and O–H groups in total. The Balaban J connectivity index is 2.88. The number of hydrogen-bond acceptors (Lipinski definition) is 3. The third-order valence-corrected chi connectivity index (χ3v) is 2.83. The van der Waals surface area contributed by atoms with Gasteiger partial charge in [-0.1, -0.05) is 13.0 Å². The van der Waals surface area contributed by atoms with Crippen LogP contribution in [0.25, 0.3) is 0 Å². The summed E-state index contributed by atoms with van der Waals surface area (Å²) in [6.45, 7) is 7.29. The average molecular weight is 247 g/mol. The normalized spacial score (nSPS) is 11.7. The zero-order valence-corrected chi connectivity index (χ0v) is 11.4. The van der Waals surface area contributed by atoms with Gasteiger partial charge in [-0.25, -0.2) is 0 Å². The zero-order valence-electron chi connectivity index (χ0n) is 11.4. The Bertz CT molecular complexity index is 409. The van der Waals surface area contributed by atoms with E-state index in [9.17, 15) is 0 Å². The van der Waals surface area contributed by atoms with Crippen LogP contribution in [0.1, 0.15) is 45.1 Å². The summed E-state index contributed by atoms with van der Waals surface area (Å²) in [6, 6.07) is 8.21. The average Bonchev–Trinajstić information content (AvgIpc) is 2.38. The topological polar surface area (TPSA) is 42.2 Å². The molecule has 0 aromatic heterocycles. The molecule has 3 nitrogen and oxygen atoms in total. The number of nitrogens with zero attached hydrogens (tertiary/aromatic N) is 1. The van der Waals surface area contributed by atoms with E-state index in [2.05, 4.69) is 19.1 Å². The van der Waals surface area contributed by atoms with Crippen LogP contribution < -0.4 is 9.47 Å². The summed E-state index contributed by atoms with van der Waals surface area (Å²) >= 11 is 0. The van der Waals surface area contributed by atoms with Crippen LogP contribution in [0.3, 0.4) is 0 Å². The van der Waals surface area contributed by atoms with Crippen molar-refractivity contribution in [3.8, 4) is 17.6 Å². The van der Waals surface area contributed by atoms with Crippen molar-refractivity contribution in [2.24, 2.45) is 0 Å². The van der Waals surface area contributed by atoms with Crippen LogP contribution in [0.2, 0.25) is 0 Å². The Labute approximate surface area is 109 Å². The van der Waals surface area contributed by atoms with Crippen molar-refractivity contribution < 1.29 is 9.47 Å². The van der Waals surface area contributed by atoms with E-state index in [1.54, 1.807) is 0 Å². The van der Waals surface area contributed by atoms with Gasteiger partial charge in [0, 0.05) is 6.42 Å². The van der Waals surface area contributed by atoms with Crippen LogP contribution in [-0.4, -0.2) is 13.2 Å². The Morgan fingerprint density at radius 3 is 2.44 bits per heavy atom. The van der Waals surface area contributed by atoms with Gasteiger partial charge >= 0.3 is 0 Å². The maximum Gasteiger partial charge on any atom is 0.161 e. The summed E-state index contributed by atoms with van der Waals surface area (Å²) in [6.07, 6.45) is 1.45. The SMILES string of the molecule is CCOc1ccc(C(C)CCC#N)cc1OCC. The van der Waals surface area contributed by atoms with E-state index >= 15 is 0 Å². The van der Waals surface area contributed by atoms with Gasteiger partial charge in [0.05, 0.1) is 19.3 Å². The number of hydrogen-bond donors (Lipinski definition) is 0. The minimum Gasteiger partial charge on any atom is -0.490 e. The third kappa shape index (κ3) is 3.96. The Morgan fingerprint density at radius 2 is 1.83 bits per heavy atom. The summed E-state index contributed by atoms with van der Waals surface area (Å²) in [4.78, 5) is 0. The van der Waals surface area contributed by atoms with Crippen LogP contribution >= 0.6 is 0 Å². The molecule has 0 bridgehead atoms. The third-order valence-electron chi connectivity index (χ3n) is 2.83. The quantitative estimate of drug-likeness (QED) is 0.734. The second kappa shape index (κ2) is 7.60. The van der Waals surface area contributed by atoms with Crippen LogP contribution in [0.5, 0.6) is 11.5 Å². The van der Waals surface area contributed by atoms with Crippen LogP contribution in [0, 0.1) is 11.3 Å². The first kappa shape index (κ1) is 14.4. The highest BCUT2D eigenvalue weighted by atomic mass is 16.5. The Morgan fingerprint density at radius 1 is 1.17 bits per heavy atom. The summed E-state index contributed by atoms with van der Waals surface area (Å²) < 4.78 is 11.1. The van der Waals surface area contributed by atoms with Crippen molar-refractivity contribution in [2.45, 2.75) is 39.5 Å². The molecule has 0 aliphatic heterocycles. The molecule has 1 rings (SSSR count). The van der Waals surface area contributed by atoms with Crippen molar-refractivity contribution in [1.29, 1.82) is 5.26 Å². The van der Waals surface area contributed by atoms with E-state index in [4.69, 9.17) is 14.7 Å². The lowest BCUT2D eigenvalue weighted by atomic mass is 9.96. The van der Waals surface area contributed by atoms with Gasteiger partial charge in [0.2, 0.25) is 0 Å². The lowest BCUT2D eigenvalue weighted by molar-refractivity contribution is 0.287. The van der Waals surface area contributed by atoms with Crippen LogP contribution in [0.15, 0.2) is 18.2 Å². The molecule has 1 aromatic carbocycles. The minimum atomic E-state index is 0.361. The number of ether oxygens (including phenoxy) is 2. The molecular formula is C15H21NO2. The lowest BCUT2D eigenvalue weighted by Gasteiger charge is -2.15. The Kier molecular flexibility index (Phi) is 6.07. The highest BCUT2D eigenvalue weighted by molar-refractivity contribution is 5.44. The molecule has 1 atom stereocenters. The molecule has 0 amide bonds. The van der Waals surface area contributed by atoms with Crippen LogP contribution in [0.4, 0.5) is 0 Å². The molecule has 0 radical (unpaired) electrons. The van der Waals surface area contributed by atoms with Crippen molar-refractivity contribution >= 4 is 0 Å². The van der Waals surface area contributed by atoms with E-state index < -0.39 is 0 Å². The highest BCUT2D eigenvalue weighted by Crippen LogP contribution is 2.32. The molecule has 0 aliphatic rings. The predicted octanol–water partition coefficient (Wildman–Crippen LogP) is 3.89. The Hall–Kier alpha value is -1.69. The van der Waals surface area contributed by atoms with Gasteiger partial charge in [-0.05, 0) is 43.9 Å². The second-order valence-electron chi connectivity index (χ2n) is 4.17. The second-order valence-corrected chi connectivity index (χ2v) is 4.17. The molecule has 0 spiro atoms. The van der Waals surface area contributed by atoms with Crippen molar-refractivity contribution in [1.82, 2.24) is 0 Å². The molecule has 0 saturated heterocycles. The summed E-state index contributed by atoms with van der Waals surface area (Å²) in [5, 5.41) is 8.62. The van der Waals surface area contributed by atoms with E-state index in [1.807, 2.05) is 26.0 Å². The minimum absolute atomic E-state index is 0.361. The number of nitriles is 1. The smallest absolute Gasteiger partial charge is 0.161 e. The van der Waals surface area contributed by atoms with Gasteiger partial charge in [-0.15, -0.1) is 0 Å². The summed E-state index contributed by atoms with van der Waals surface area (Å²) in [7, 11) is 0. The predicted molar refractivity (Wildman–Crippen MR) is 72.0 cm³/mol. The monoisotopic (exact) mass is 247 g/mol. The molecule has 18 heavy (non-hydrogen) atoms. The van der Waals surface area contributed by atoms with Crippen molar-refractivity contribution in [3.63, 3.8) is 0 Å². The van der Waals surface area contributed by atoms with E-state index in [-0.39, 0.29) is 0 Å². The van der Waals surface area contributed by atoms with Gasteiger partial charge in [0.25, 0.3) is 0 Å². The first-order valence-corrected chi connectivity index (χ1v) is 6.49. The number of rotatable bonds is 7. The molecule has 1 aromatic rings. The molecule has 0 heterocycles. The maximum absolute atomic E-state index is 8.62. The first-order valence-electron chi connectivity index (χ1n) is 6.49. The molecule has 98 valence electrons. The highest BCUT2D eigenvalue weighted by Gasteiger charge is 2.10. The van der Waals surface area contributed by atoms with Crippen LogP contribution in [-0.2, 0) is 0 Å². The zero-order chi connectivity index (χ0) is 13.4. The maximum atomic E-state index is 8.62. The van der Waals surface area contributed by atoms with Gasteiger partial charge in [-0.3, -0.25) is 0 Å². The molecule has 0 aliphatic carbocycles. The van der Waals surface area contributed by atoms with Gasteiger partial charge in [0.15, 0.2) is 11.5 Å². The van der Waals surface area contributed by atoms with E-state index in [0.717, 1.165) is 17.9 Å². The fraction of sp³-hybridized carbons (Fsp3) is 0.533. The van der Waals surface area contributed by atoms with Gasteiger partial charge in [-0.2, -0.15) is 5.26 Å². The number of benzene rings is 1. The van der Waals surface area contributed by atoms with E-state index in [0.29, 0.717) is 25.6 Å². The molecular weight excluding hydrogens is 226 g/mol. The molecule has 1 unspecified atom stereocenters. The molecule has 0 saturated carbocycles.